The quantitative estimate of drug-likeness (QED) is 0.578. The molecule has 20 heavy (non-hydrogen) atoms. The van der Waals surface area contributed by atoms with Crippen LogP contribution < -0.4 is 0 Å². The van der Waals surface area contributed by atoms with Gasteiger partial charge in [0.2, 0.25) is 0 Å². The highest BCUT2D eigenvalue weighted by molar-refractivity contribution is 9.10. The Labute approximate surface area is 135 Å². The molecule has 0 fully saturated rings. The minimum Gasteiger partial charge on any atom is -0.295 e. The SMILES string of the molecule is ClCCc1nc2ccc(Br)cc2n1-c1ccccc1Cl. The molecule has 102 valence electrons. The maximum absolute atomic E-state index is 6.33. The van der Waals surface area contributed by atoms with Crippen molar-refractivity contribution in [2.75, 3.05) is 5.88 Å². The maximum atomic E-state index is 6.33. The molecule has 2 aromatic carbocycles. The lowest BCUT2D eigenvalue weighted by Gasteiger charge is -2.10. The fraction of sp³-hybridized carbons (Fsp3) is 0.133. The van der Waals surface area contributed by atoms with E-state index in [1.807, 2.05) is 42.5 Å². The number of rotatable bonds is 3. The average molecular weight is 370 g/mol. The topological polar surface area (TPSA) is 17.8 Å². The third-order valence-electron chi connectivity index (χ3n) is 3.10. The van der Waals surface area contributed by atoms with Gasteiger partial charge < -0.3 is 0 Å². The van der Waals surface area contributed by atoms with E-state index in [1.165, 1.54) is 0 Å². The van der Waals surface area contributed by atoms with Crippen LogP contribution >= 0.6 is 39.1 Å². The average Bonchev–Trinajstić information content (AvgIpc) is 2.77. The molecule has 0 aliphatic heterocycles. The molecule has 1 aromatic heterocycles. The zero-order valence-corrected chi connectivity index (χ0v) is 13.6. The number of halogens is 3. The molecular weight excluding hydrogens is 359 g/mol. The molecule has 0 amide bonds. The summed E-state index contributed by atoms with van der Waals surface area (Å²) in [6.45, 7) is 0. The molecule has 3 aromatic rings. The van der Waals surface area contributed by atoms with E-state index < -0.39 is 0 Å². The highest BCUT2D eigenvalue weighted by Crippen LogP contribution is 2.28. The molecular formula is C15H11BrCl2N2. The molecule has 0 saturated carbocycles. The maximum Gasteiger partial charge on any atom is 0.115 e. The Hall–Kier alpha value is -1.03. The predicted molar refractivity (Wildman–Crippen MR) is 88.2 cm³/mol. The van der Waals surface area contributed by atoms with E-state index in [1.54, 1.807) is 0 Å². The Bertz CT molecular complexity index is 768. The first kappa shape index (κ1) is 13.9. The zero-order chi connectivity index (χ0) is 14.1. The van der Waals surface area contributed by atoms with E-state index >= 15 is 0 Å². The third-order valence-corrected chi connectivity index (χ3v) is 4.10. The van der Waals surface area contributed by atoms with Crippen molar-refractivity contribution >= 4 is 50.2 Å². The fourth-order valence-electron chi connectivity index (χ4n) is 2.25. The fourth-order valence-corrected chi connectivity index (χ4v) is 2.99. The van der Waals surface area contributed by atoms with Crippen molar-refractivity contribution in [3.8, 4) is 5.69 Å². The van der Waals surface area contributed by atoms with Gasteiger partial charge in [-0.05, 0) is 30.3 Å². The van der Waals surface area contributed by atoms with Gasteiger partial charge in [-0.3, -0.25) is 4.57 Å². The first-order valence-electron chi connectivity index (χ1n) is 6.18. The van der Waals surface area contributed by atoms with Crippen LogP contribution in [-0.2, 0) is 6.42 Å². The van der Waals surface area contributed by atoms with Gasteiger partial charge in [-0.25, -0.2) is 4.98 Å². The van der Waals surface area contributed by atoms with Gasteiger partial charge in [-0.15, -0.1) is 11.6 Å². The molecule has 0 unspecified atom stereocenters. The number of hydrogen-bond acceptors (Lipinski definition) is 1. The van der Waals surface area contributed by atoms with Crippen molar-refractivity contribution in [3.63, 3.8) is 0 Å². The lowest BCUT2D eigenvalue weighted by Crippen LogP contribution is -2.02. The Balaban J connectivity index is 2.34. The normalized spacial score (nSPS) is 11.2. The first-order chi connectivity index (χ1) is 9.70. The molecule has 3 rings (SSSR count). The van der Waals surface area contributed by atoms with Crippen molar-refractivity contribution in [2.24, 2.45) is 0 Å². The summed E-state index contributed by atoms with van der Waals surface area (Å²) in [6.07, 6.45) is 0.694. The molecule has 0 N–H and O–H groups in total. The van der Waals surface area contributed by atoms with Gasteiger partial charge in [0.05, 0.1) is 21.7 Å². The Kier molecular flexibility index (Phi) is 4.01. The lowest BCUT2D eigenvalue weighted by atomic mass is 10.2. The first-order valence-corrected chi connectivity index (χ1v) is 7.89. The summed E-state index contributed by atoms with van der Waals surface area (Å²) in [7, 11) is 0. The number of hydrogen-bond donors (Lipinski definition) is 0. The van der Waals surface area contributed by atoms with E-state index in [9.17, 15) is 0 Å². The predicted octanol–water partition coefficient (Wildman–Crippen LogP) is 5.22. The summed E-state index contributed by atoms with van der Waals surface area (Å²) in [5.74, 6) is 1.44. The van der Waals surface area contributed by atoms with Crippen LogP contribution in [0, 0.1) is 0 Å². The van der Waals surface area contributed by atoms with Gasteiger partial charge >= 0.3 is 0 Å². The van der Waals surface area contributed by atoms with Gasteiger partial charge in [-0.1, -0.05) is 39.7 Å². The second-order valence-electron chi connectivity index (χ2n) is 4.39. The molecule has 0 atom stereocenters. The molecule has 0 aliphatic rings. The van der Waals surface area contributed by atoms with Crippen LogP contribution in [0.15, 0.2) is 46.9 Å². The molecule has 0 aliphatic carbocycles. The van der Waals surface area contributed by atoms with Gasteiger partial charge in [0, 0.05) is 16.8 Å². The van der Waals surface area contributed by atoms with Crippen LogP contribution in [0.5, 0.6) is 0 Å². The van der Waals surface area contributed by atoms with E-state index in [0.717, 1.165) is 27.0 Å². The smallest absolute Gasteiger partial charge is 0.115 e. The second-order valence-corrected chi connectivity index (χ2v) is 6.09. The van der Waals surface area contributed by atoms with Gasteiger partial charge in [0.1, 0.15) is 5.82 Å². The standard InChI is InChI=1S/C15H11BrCl2N2/c16-10-5-6-12-14(9-10)20(15(19-12)7-8-17)13-4-2-1-3-11(13)18/h1-6,9H,7-8H2. The molecule has 0 bridgehead atoms. The van der Waals surface area contributed by atoms with Gasteiger partial charge in [0.25, 0.3) is 0 Å². The van der Waals surface area contributed by atoms with E-state index in [2.05, 4.69) is 25.5 Å². The van der Waals surface area contributed by atoms with Crippen LogP contribution in [0.4, 0.5) is 0 Å². The zero-order valence-electron chi connectivity index (χ0n) is 10.5. The monoisotopic (exact) mass is 368 g/mol. The van der Waals surface area contributed by atoms with E-state index in [0.29, 0.717) is 17.3 Å². The third kappa shape index (κ3) is 2.46. The van der Waals surface area contributed by atoms with Crippen LogP contribution in [0.3, 0.4) is 0 Å². The minimum atomic E-state index is 0.523. The molecule has 0 radical (unpaired) electrons. The van der Waals surface area contributed by atoms with Gasteiger partial charge in [-0.2, -0.15) is 0 Å². The van der Waals surface area contributed by atoms with Crippen molar-refractivity contribution in [1.29, 1.82) is 0 Å². The summed E-state index contributed by atoms with van der Waals surface area (Å²) in [5, 5.41) is 0.697. The number of aryl methyl sites for hydroxylation is 1. The van der Waals surface area contributed by atoms with Crippen molar-refractivity contribution in [3.05, 3.63) is 57.8 Å². The highest BCUT2D eigenvalue weighted by Gasteiger charge is 2.14. The lowest BCUT2D eigenvalue weighted by molar-refractivity contribution is 0.912. The van der Waals surface area contributed by atoms with Crippen LogP contribution in [0.2, 0.25) is 5.02 Å². The van der Waals surface area contributed by atoms with Crippen molar-refractivity contribution in [1.82, 2.24) is 9.55 Å². The highest BCUT2D eigenvalue weighted by atomic mass is 79.9. The number of aromatic nitrogens is 2. The number of benzene rings is 2. The minimum absolute atomic E-state index is 0.523. The Morgan fingerprint density at radius 3 is 2.70 bits per heavy atom. The van der Waals surface area contributed by atoms with Crippen LogP contribution in [0.25, 0.3) is 16.7 Å². The summed E-state index contributed by atoms with van der Waals surface area (Å²) >= 11 is 15.7. The Morgan fingerprint density at radius 1 is 1.15 bits per heavy atom. The largest absolute Gasteiger partial charge is 0.295 e. The number of imidazole rings is 1. The molecule has 0 spiro atoms. The Morgan fingerprint density at radius 2 is 1.95 bits per heavy atom. The van der Waals surface area contributed by atoms with E-state index in [4.69, 9.17) is 23.2 Å². The summed E-state index contributed by atoms with van der Waals surface area (Å²) in [5.41, 5.74) is 2.88. The number of nitrogens with zero attached hydrogens (tertiary/aromatic N) is 2. The summed E-state index contributed by atoms with van der Waals surface area (Å²) in [6, 6.07) is 13.8. The number of alkyl halides is 1. The molecule has 0 saturated heterocycles. The number of fused-ring (bicyclic) bond motifs is 1. The second kappa shape index (κ2) is 5.76. The van der Waals surface area contributed by atoms with Crippen LogP contribution in [-0.4, -0.2) is 15.4 Å². The van der Waals surface area contributed by atoms with Crippen LogP contribution in [0.1, 0.15) is 5.82 Å². The molecule has 1 heterocycles. The molecule has 2 nitrogen and oxygen atoms in total. The van der Waals surface area contributed by atoms with E-state index in [-0.39, 0.29) is 0 Å². The summed E-state index contributed by atoms with van der Waals surface area (Å²) < 4.78 is 3.08. The summed E-state index contributed by atoms with van der Waals surface area (Å²) in [4.78, 5) is 4.66. The number of para-hydroxylation sites is 1. The van der Waals surface area contributed by atoms with Crippen molar-refractivity contribution < 1.29 is 0 Å². The molecule has 5 heteroatoms. The van der Waals surface area contributed by atoms with Gasteiger partial charge in [0.15, 0.2) is 0 Å². The van der Waals surface area contributed by atoms with Crippen molar-refractivity contribution in [2.45, 2.75) is 6.42 Å².